The van der Waals surface area contributed by atoms with Gasteiger partial charge in [-0.3, -0.25) is 4.90 Å². The second-order valence-electron chi connectivity index (χ2n) is 4.45. The molecule has 1 aliphatic rings. The first-order chi connectivity index (χ1) is 8.61. The maximum atomic E-state index is 8.97. The summed E-state index contributed by atoms with van der Waals surface area (Å²) < 4.78 is 6.46. The van der Waals surface area contributed by atoms with Gasteiger partial charge >= 0.3 is 0 Å². The van der Waals surface area contributed by atoms with Crippen molar-refractivity contribution in [1.29, 1.82) is 5.26 Å². The molecule has 0 bridgehead atoms. The van der Waals surface area contributed by atoms with Crippen LogP contribution in [0.3, 0.4) is 0 Å². The smallest absolute Gasteiger partial charge is 0.156 e. The molecule has 0 aromatic carbocycles. The zero-order chi connectivity index (χ0) is 13.1. The van der Waals surface area contributed by atoms with Crippen LogP contribution in [0.15, 0.2) is 15.9 Å². The monoisotopic (exact) mass is 329 g/mol. The van der Waals surface area contributed by atoms with Crippen molar-refractivity contribution < 1.29 is 4.74 Å². The van der Waals surface area contributed by atoms with E-state index in [0.29, 0.717) is 13.2 Å². The van der Waals surface area contributed by atoms with E-state index in [-0.39, 0.29) is 18.2 Å². The fourth-order valence-electron chi connectivity index (χ4n) is 2.25. The van der Waals surface area contributed by atoms with Gasteiger partial charge in [-0.15, -0.1) is 11.3 Å². The first-order valence-corrected chi connectivity index (χ1v) is 7.54. The third-order valence-corrected chi connectivity index (χ3v) is 4.78. The lowest BCUT2D eigenvalue weighted by atomic mass is 10.1. The molecule has 0 saturated carbocycles. The van der Waals surface area contributed by atoms with Gasteiger partial charge in [0.2, 0.25) is 0 Å². The Kier molecular flexibility index (Phi) is 4.76. The number of hydrogen-bond donors (Lipinski definition) is 1. The fourth-order valence-corrected chi connectivity index (χ4v) is 3.95. The van der Waals surface area contributed by atoms with Crippen molar-refractivity contribution in [2.75, 3.05) is 19.7 Å². The number of halogens is 1. The number of morpholine rings is 1. The Morgan fingerprint density at radius 3 is 3.06 bits per heavy atom. The van der Waals surface area contributed by atoms with Crippen LogP contribution in [0.5, 0.6) is 0 Å². The maximum Gasteiger partial charge on any atom is 0.156 e. The van der Waals surface area contributed by atoms with Crippen molar-refractivity contribution in [3.05, 3.63) is 20.8 Å². The highest BCUT2D eigenvalue weighted by Gasteiger charge is 2.30. The van der Waals surface area contributed by atoms with Crippen LogP contribution in [0, 0.1) is 11.3 Å². The lowest BCUT2D eigenvalue weighted by molar-refractivity contribution is -0.0204. The van der Waals surface area contributed by atoms with Crippen LogP contribution in [0.1, 0.15) is 17.8 Å². The summed E-state index contributed by atoms with van der Waals surface area (Å²) in [7, 11) is 0. The van der Waals surface area contributed by atoms with E-state index < -0.39 is 0 Å². The molecule has 1 aromatic rings. The molecule has 6 heteroatoms. The molecule has 4 nitrogen and oxygen atoms in total. The first kappa shape index (κ1) is 14.0. The molecule has 18 heavy (non-hydrogen) atoms. The fraction of sp³-hybridized carbons (Fsp3) is 0.583. The largest absolute Gasteiger partial charge is 0.361 e. The summed E-state index contributed by atoms with van der Waals surface area (Å²) in [5.74, 6) is 0. The Bertz CT molecular complexity index is 443. The minimum absolute atomic E-state index is 0.0213. The minimum Gasteiger partial charge on any atom is -0.361 e. The average molecular weight is 330 g/mol. The van der Waals surface area contributed by atoms with Gasteiger partial charge in [0.25, 0.3) is 0 Å². The zero-order valence-electron chi connectivity index (χ0n) is 10.2. The molecular formula is C12H16BrN3OS. The van der Waals surface area contributed by atoms with Gasteiger partial charge in [-0.25, -0.2) is 0 Å². The highest BCUT2D eigenvalue weighted by molar-refractivity contribution is 9.10. The van der Waals surface area contributed by atoms with E-state index >= 15 is 0 Å². The Hall–Kier alpha value is -0.450. The predicted molar refractivity (Wildman–Crippen MR) is 75.3 cm³/mol. The molecule has 2 rings (SSSR count). The highest BCUT2D eigenvalue weighted by atomic mass is 79.9. The number of thiophene rings is 1. The second-order valence-corrected chi connectivity index (χ2v) is 6.31. The Morgan fingerprint density at radius 2 is 2.50 bits per heavy atom. The Labute approximate surface area is 119 Å². The van der Waals surface area contributed by atoms with Crippen LogP contribution in [0.2, 0.25) is 0 Å². The number of hydrogen-bond acceptors (Lipinski definition) is 5. The van der Waals surface area contributed by atoms with Gasteiger partial charge in [-0.05, 0) is 28.9 Å². The number of rotatable bonds is 3. The van der Waals surface area contributed by atoms with Gasteiger partial charge in [0.05, 0.1) is 18.7 Å². The third-order valence-electron chi connectivity index (χ3n) is 3.01. The number of nitrogens with zero attached hydrogens (tertiary/aromatic N) is 2. The van der Waals surface area contributed by atoms with Crippen molar-refractivity contribution in [1.82, 2.24) is 4.90 Å². The lowest BCUT2D eigenvalue weighted by Gasteiger charge is -2.37. The van der Waals surface area contributed by atoms with Crippen LogP contribution < -0.4 is 5.73 Å². The first-order valence-electron chi connectivity index (χ1n) is 5.86. The van der Waals surface area contributed by atoms with E-state index in [1.54, 1.807) is 11.3 Å². The van der Waals surface area contributed by atoms with Gasteiger partial charge in [0.15, 0.2) is 6.10 Å². The molecule has 98 valence electrons. The average Bonchev–Trinajstić information content (AvgIpc) is 2.75. The van der Waals surface area contributed by atoms with E-state index in [2.05, 4.69) is 38.3 Å². The van der Waals surface area contributed by atoms with Crippen LogP contribution in [0.25, 0.3) is 0 Å². The molecule has 0 radical (unpaired) electrons. The summed E-state index contributed by atoms with van der Waals surface area (Å²) in [4.78, 5) is 3.48. The van der Waals surface area contributed by atoms with E-state index in [4.69, 9.17) is 15.7 Å². The van der Waals surface area contributed by atoms with Crippen molar-refractivity contribution in [2.45, 2.75) is 25.1 Å². The molecule has 2 heterocycles. The van der Waals surface area contributed by atoms with Gasteiger partial charge in [0.1, 0.15) is 0 Å². The maximum absolute atomic E-state index is 8.97. The molecule has 1 fully saturated rings. The van der Waals surface area contributed by atoms with E-state index in [0.717, 1.165) is 11.0 Å². The highest BCUT2D eigenvalue weighted by Crippen LogP contribution is 2.32. The normalized spacial score (nSPS) is 24.4. The molecular weight excluding hydrogens is 314 g/mol. The third kappa shape index (κ3) is 3.11. The zero-order valence-corrected chi connectivity index (χ0v) is 12.6. The van der Waals surface area contributed by atoms with Crippen molar-refractivity contribution in [3.63, 3.8) is 0 Å². The molecule has 0 spiro atoms. The number of ether oxygens (including phenoxy) is 1. The Morgan fingerprint density at radius 1 is 1.72 bits per heavy atom. The molecule has 3 atom stereocenters. The Balaban J connectivity index is 2.18. The molecule has 3 unspecified atom stereocenters. The van der Waals surface area contributed by atoms with Gasteiger partial charge in [-0.2, -0.15) is 5.26 Å². The predicted octanol–water partition coefficient (Wildman–Crippen LogP) is 2.12. The van der Waals surface area contributed by atoms with Crippen molar-refractivity contribution in [2.24, 2.45) is 5.73 Å². The lowest BCUT2D eigenvalue weighted by Crippen LogP contribution is -2.48. The van der Waals surface area contributed by atoms with Crippen LogP contribution in [-0.4, -0.2) is 36.7 Å². The van der Waals surface area contributed by atoms with E-state index in [1.165, 1.54) is 4.88 Å². The molecule has 1 aliphatic heterocycles. The second kappa shape index (κ2) is 6.13. The summed E-state index contributed by atoms with van der Waals surface area (Å²) in [5, 5.41) is 11.0. The minimum atomic E-state index is -0.344. The van der Waals surface area contributed by atoms with Crippen LogP contribution in [0.4, 0.5) is 0 Å². The summed E-state index contributed by atoms with van der Waals surface area (Å²) in [6.07, 6.45) is -0.344. The van der Waals surface area contributed by atoms with Gasteiger partial charge < -0.3 is 10.5 Å². The van der Waals surface area contributed by atoms with E-state index in [1.807, 2.05) is 6.92 Å². The summed E-state index contributed by atoms with van der Waals surface area (Å²) in [6, 6.07) is 4.46. The molecule has 0 amide bonds. The van der Waals surface area contributed by atoms with Crippen molar-refractivity contribution in [3.8, 4) is 6.07 Å². The van der Waals surface area contributed by atoms with Crippen LogP contribution in [-0.2, 0) is 4.74 Å². The topological polar surface area (TPSA) is 62.3 Å². The molecule has 0 aliphatic carbocycles. The standard InChI is InChI=1S/C12H16BrN3OS/c1-8(15)12(11-4-9(13)7-18-11)16-2-3-17-10(5-14)6-16/h4,7-8,10,12H,2-3,6,15H2,1H3. The molecule has 2 N–H and O–H groups in total. The van der Waals surface area contributed by atoms with Crippen LogP contribution >= 0.6 is 27.3 Å². The molecule has 1 saturated heterocycles. The number of nitrogens with two attached hydrogens (primary N) is 1. The quantitative estimate of drug-likeness (QED) is 0.922. The summed E-state index contributed by atoms with van der Waals surface area (Å²) in [6.45, 7) is 4.04. The number of nitriles is 1. The summed E-state index contributed by atoms with van der Waals surface area (Å²) in [5.41, 5.74) is 6.12. The molecule has 1 aromatic heterocycles. The van der Waals surface area contributed by atoms with E-state index in [9.17, 15) is 0 Å². The summed E-state index contributed by atoms with van der Waals surface area (Å²) >= 11 is 5.17. The van der Waals surface area contributed by atoms with Crippen molar-refractivity contribution >= 4 is 27.3 Å². The van der Waals surface area contributed by atoms with Gasteiger partial charge in [0, 0.05) is 33.9 Å². The SMILES string of the molecule is CC(N)C(c1cc(Br)cs1)N1CCOC(C#N)C1. The van der Waals surface area contributed by atoms with Gasteiger partial charge in [-0.1, -0.05) is 0 Å².